The van der Waals surface area contributed by atoms with Crippen molar-refractivity contribution in [1.82, 2.24) is 10.6 Å². The van der Waals surface area contributed by atoms with Crippen LogP contribution in [0.4, 0.5) is 0 Å². The standard InChI is InChI=1S/C15H20ClN3O/c1-4-10-18-15(17-5-2)19-11-12(3)20-14-8-6-13(16)7-9-14/h1,6-9,12H,5,10-11H2,2-3H3,(H2,17,18,19). The normalized spacial score (nSPS) is 12.4. The Kier molecular flexibility index (Phi) is 7.38. The fourth-order valence-corrected chi connectivity index (χ4v) is 1.61. The average Bonchev–Trinajstić information content (AvgIpc) is 2.44. The van der Waals surface area contributed by atoms with Crippen LogP contribution >= 0.6 is 11.6 Å². The number of ether oxygens (including phenoxy) is 1. The minimum absolute atomic E-state index is 0.0440. The van der Waals surface area contributed by atoms with E-state index >= 15 is 0 Å². The Morgan fingerprint density at radius 1 is 1.40 bits per heavy atom. The number of hydrogen-bond donors (Lipinski definition) is 2. The quantitative estimate of drug-likeness (QED) is 0.481. The Hall–Kier alpha value is -1.86. The van der Waals surface area contributed by atoms with Gasteiger partial charge < -0.3 is 15.4 Å². The van der Waals surface area contributed by atoms with Crippen LogP contribution < -0.4 is 15.4 Å². The lowest BCUT2D eigenvalue weighted by molar-refractivity contribution is 0.230. The second-order valence-electron chi connectivity index (χ2n) is 4.16. The number of aliphatic imine (C=N–C) groups is 1. The molecule has 0 aliphatic carbocycles. The largest absolute Gasteiger partial charge is 0.489 e. The molecule has 0 aliphatic heterocycles. The first-order valence-electron chi connectivity index (χ1n) is 6.53. The number of guanidine groups is 1. The van der Waals surface area contributed by atoms with Crippen LogP contribution in [0.2, 0.25) is 5.02 Å². The molecule has 0 saturated carbocycles. The van der Waals surface area contributed by atoms with Crippen molar-refractivity contribution in [2.75, 3.05) is 19.6 Å². The Balaban J connectivity index is 2.48. The van der Waals surface area contributed by atoms with Gasteiger partial charge in [0.25, 0.3) is 0 Å². The zero-order valence-corrected chi connectivity index (χ0v) is 12.6. The molecule has 0 fully saturated rings. The lowest BCUT2D eigenvalue weighted by Crippen LogP contribution is -2.38. The Bertz CT molecular complexity index is 465. The number of benzene rings is 1. The highest BCUT2D eigenvalue weighted by Gasteiger charge is 2.04. The molecule has 0 saturated heterocycles. The Morgan fingerprint density at radius 2 is 2.10 bits per heavy atom. The summed E-state index contributed by atoms with van der Waals surface area (Å²) in [5.41, 5.74) is 0. The van der Waals surface area contributed by atoms with Gasteiger partial charge >= 0.3 is 0 Å². The second kappa shape index (κ2) is 9.11. The van der Waals surface area contributed by atoms with E-state index in [4.69, 9.17) is 22.8 Å². The first kappa shape index (κ1) is 16.2. The summed E-state index contributed by atoms with van der Waals surface area (Å²) in [5.74, 6) is 3.98. The molecule has 1 unspecified atom stereocenters. The lowest BCUT2D eigenvalue weighted by Gasteiger charge is -2.14. The summed E-state index contributed by atoms with van der Waals surface area (Å²) in [5, 5.41) is 6.83. The lowest BCUT2D eigenvalue weighted by atomic mass is 10.3. The maximum Gasteiger partial charge on any atom is 0.192 e. The summed E-state index contributed by atoms with van der Waals surface area (Å²) in [6.07, 6.45) is 5.17. The van der Waals surface area contributed by atoms with E-state index in [1.807, 2.05) is 26.0 Å². The highest BCUT2D eigenvalue weighted by atomic mass is 35.5. The molecule has 0 spiro atoms. The van der Waals surface area contributed by atoms with Crippen LogP contribution in [0, 0.1) is 12.3 Å². The number of terminal acetylenes is 1. The molecule has 1 rings (SSSR count). The molecule has 0 aliphatic rings. The highest BCUT2D eigenvalue weighted by Crippen LogP contribution is 2.16. The zero-order chi connectivity index (χ0) is 14.8. The Labute approximate surface area is 125 Å². The topological polar surface area (TPSA) is 45.7 Å². The first-order valence-corrected chi connectivity index (χ1v) is 6.91. The average molecular weight is 294 g/mol. The number of hydrogen-bond acceptors (Lipinski definition) is 2. The molecule has 1 aromatic carbocycles. The molecule has 4 nitrogen and oxygen atoms in total. The van der Waals surface area contributed by atoms with E-state index in [-0.39, 0.29) is 6.10 Å². The summed E-state index contributed by atoms with van der Waals surface area (Å²) in [7, 11) is 0. The fraction of sp³-hybridized carbons (Fsp3) is 0.400. The number of nitrogens with zero attached hydrogens (tertiary/aromatic N) is 1. The highest BCUT2D eigenvalue weighted by molar-refractivity contribution is 6.30. The summed E-state index contributed by atoms with van der Waals surface area (Å²) >= 11 is 5.82. The van der Waals surface area contributed by atoms with Crippen LogP contribution in [0.1, 0.15) is 13.8 Å². The van der Waals surface area contributed by atoms with Gasteiger partial charge in [-0.2, -0.15) is 0 Å². The molecule has 2 N–H and O–H groups in total. The second-order valence-corrected chi connectivity index (χ2v) is 4.60. The molecule has 0 heterocycles. The SMILES string of the molecule is C#CCNC(=NCC(C)Oc1ccc(Cl)cc1)NCC. The van der Waals surface area contributed by atoms with Gasteiger partial charge in [-0.15, -0.1) is 6.42 Å². The van der Waals surface area contributed by atoms with Gasteiger partial charge in [0.1, 0.15) is 11.9 Å². The molecule has 0 aromatic heterocycles. The maximum atomic E-state index is 5.82. The molecule has 1 atom stereocenters. The van der Waals surface area contributed by atoms with Crippen LogP contribution in [-0.2, 0) is 0 Å². The summed E-state index contributed by atoms with van der Waals surface area (Å²) in [6.45, 7) is 5.72. The van der Waals surface area contributed by atoms with Gasteiger partial charge in [0.15, 0.2) is 5.96 Å². The molecule has 0 radical (unpaired) electrons. The van der Waals surface area contributed by atoms with Crippen molar-refractivity contribution in [3.63, 3.8) is 0 Å². The fourth-order valence-electron chi connectivity index (χ4n) is 1.48. The first-order chi connectivity index (χ1) is 9.65. The van der Waals surface area contributed by atoms with Crippen LogP contribution in [-0.4, -0.2) is 31.7 Å². The zero-order valence-electron chi connectivity index (χ0n) is 11.8. The van der Waals surface area contributed by atoms with Gasteiger partial charge in [0.2, 0.25) is 0 Å². The van der Waals surface area contributed by atoms with Gasteiger partial charge in [-0.3, -0.25) is 0 Å². The third kappa shape index (κ3) is 6.35. The molecular formula is C15H20ClN3O. The molecule has 108 valence electrons. The van der Waals surface area contributed by atoms with E-state index in [0.29, 0.717) is 24.1 Å². The van der Waals surface area contributed by atoms with Gasteiger partial charge in [0, 0.05) is 11.6 Å². The predicted molar refractivity (Wildman–Crippen MR) is 84.4 cm³/mol. The van der Waals surface area contributed by atoms with Crippen molar-refractivity contribution < 1.29 is 4.74 Å². The monoisotopic (exact) mass is 293 g/mol. The molecule has 20 heavy (non-hydrogen) atoms. The van der Waals surface area contributed by atoms with Crippen LogP contribution in [0.3, 0.4) is 0 Å². The van der Waals surface area contributed by atoms with E-state index < -0.39 is 0 Å². The van der Waals surface area contributed by atoms with Crippen LogP contribution in [0.25, 0.3) is 0 Å². The van der Waals surface area contributed by atoms with E-state index in [9.17, 15) is 0 Å². The minimum Gasteiger partial charge on any atom is -0.489 e. The van der Waals surface area contributed by atoms with Crippen molar-refractivity contribution in [2.45, 2.75) is 20.0 Å². The van der Waals surface area contributed by atoms with Crippen LogP contribution in [0.15, 0.2) is 29.3 Å². The van der Waals surface area contributed by atoms with E-state index in [1.54, 1.807) is 12.1 Å². The molecular weight excluding hydrogens is 274 g/mol. The van der Waals surface area contributed by atoms with Gasteiger partial charge in [-0.1, -0.05) is 17.5 Å². The van der Waals surface area contributed by atoms with Crippen molar-refractivity contribution in [3.8, 4) is 18.1 Å². The van der Waals surface area contributed by atoms with Gasteiger partial charge in [0.05, 0.1) is 13.1 Å². The van der Waals surface area contributed by atoms with Crippen molar-refractivity contribution in [3.05, 3.63) is 29.3 Å². The number of nitrogens with one attached hydrogen (secondary N) is 2. The summed E-state index contributed by atoms with van der Waals surface area (Å²) in [4.78, 5) is 4.41. The smallest absolute Gasteiger partial charge is 0.192 e. The Morgan fingerprint density at radius 3 is 2.70 bits per heavy atom. The van der Waals surface area contributed by atoms with E-state index in [2.05, 4.69) is 21.5 Å². The number of halogens is 1. The van der Waals surface area contributed by atoms with Gasteiger partial charge in [-0.05, 0) is 38.1 Å². The van der Waals surface area contributed by atoms with Crippen molar-refractivity contribution in [2.24, 2.45) is 4.99 Å². The van der Waals surface area contributed by atoms with E-state index in [0.717, 1.165) is 12.3 Å². The predicted octanol–water partition coefficient (Wildman–Crippen LogP) is 2.30. The molecule has 5 heteroatoms. The molecule has 0 bridgehead atoms. The maximum absolute atomic E-state index is 5.82. The summed E-state index contributed by atoms with van der Waals surface area (Å²) in [6, 6.07) is 7.27. The third-order valence-corrected chi connectivity index (χ3v) is 2.61. The third-order valence-electron chi connectivity index (χ3n) is 2.36. The van der Waals surface area contributed by atoms with Crippen molar-refractivity contribution >= 4 is 17.6 Å². The summed E-state index contributed by atoms with van der Waals surface area (Å²) < 4.78 is 5.74. The van der Waals surface area contributed by atoms with Crippen LogP contribution in [0.5, 0.6) is 5.75 Å². The molecule has 1 aromatic rings. The van der Waals surface area contributed by atoms with Crippen molar-refractivity contribution in [1.29, 1.82) is 0 Å². The molecule has 0 amide bonds. The van der Waals surface area contributed by atoms with Gasteiger partial charge in [-0.25, -0.2) is 4.99 Å². The minimum atomic E-state index is -0.0440. The number of rotatable bonds is 6. The van der Waals surface area contributed by atoms with E-state index in [1.165, 1.54) is 0 Å².